The van der Waals surface area contributed by atoms with Crippen LogP contribution in [0.4, 0.5) is 11.8 Å². The number of nitrogens with zero attached hydrogens (tertiary/aromatic N) is 2. The molecule has 0 spiro atoms. The van der Waals surface area contributed by atoms with Gasteiger partial charge in [0.2, 0.25) is 5.95 Å². The average molecular weight is 232 g/mol. The average Bonchev–Trinajstić information content (AvgIpc) is 2.21. The molecule has 5 N–H and O–H groups in total. The maximum Gasteiger partial charge on any atom is 0.239 e. The van der Waals surface area contributed by atoms with Crippen molar-refractivity contribution in [3.05, 3.63) is 11.2 Å². The number of anilines is 2. The number of nitrogens with two attached hydrogens (primary N) is 1. The Hall–Kier alpha value is -1.11. The van der Waals surface area contributed by atoms with Crippen molar-refractivity contribution >= 4 is 23.4 Å². The summed E-state index contributed by atoms with van der Waals surface area (Å²) in [5.41, 5.74) is 2.33. The Kier molecular flexibility index (Phi) is 4.54. The third-order valence-electron chi connectivity index (χ3n) is 1.82. The number of hydrazine groups is 1. The molecular weight excluding hydrogens is 218 g/mol. The first-order valence-electron chi connectivity index (χ1n) is 4.54. The lowest BCUT2D eigenvalue weighted by Crippen LogP contribution is -2.19. The molecule has 1 rings (SSSR count). The van der Waals surface area contributed by atoms with Gasteiger partial charge in [0.1, 0.15) is 5.02 Å². The second kappa shape index (κ2) is 5.69. The topological polar surface area (TPSA) is 96.1 Å². The van der Waals surface area contributed by atoms with Gasteiger partial charge >= 0.3 is 0 Å². The fourth-order valence-electron chi connectivity index (χ4n) is 1.04. The standard InChI is InChI=1S/C8H14ClN5O/c1-5(2-3-15)12-7-6(9)4-11-8(13-7)14-10/h4-5,15H,2-3,10H2,1H3,(H2,11,12,13,14). The van der Waals surface area contributed by atoms with E-state index < -0.39 is 0 Å². The van der Waals surface area contributed by atoms with E-state index in [0.717, 1.165) is 0 Å². The van der Waals surface area contributed by atoms with Crippen molar-refractivity contribution in [2.45, 2.75) is 19.4 Å². The van der Waals surface area contributed by atoms with Crippen molar-refractivity contribution in [2.24, 2.45) is 5.84 Å². The van der Waals surface area contributed by atoms with Crippen molar-refractivity contribution in [3.8, 4) is 0 Å². The summed E-state index contributed by atoms with van der Waals surface area (Å²) in [6.07, 6.45) is 2.07. The minimum Gasteiger partial charge on any atom is -0.396 e. The molecule has 0 aliphatic rings. The summed E-state index contributed by atoms with van der Waals surface area (Å²) in [5, 5.41) is 12.2. The highest BCUT2D eigenvalue weighted by Gasteiger charge is 2.07. The predicted molar refractivity (Wildman–Crippen MR) is 59.6 cm³/mol. The third-order valence-corrected chi connectivity index (χ3v) is 2.10. The Labute approximate surface area is 92.8 Å². The normalized spacial score (nSPS) is 12.3. The molecule has 0 bridgehead atoms. The van der Waals surface area contributed by atoms with E-state index in [0.29, 0.717) is 17.3 Å². The highest BCUT2D eigenvalue weighted by Crippen LogP contribution is 2.20. The molecule has 0 aliphatic heterocycles. The summed E-state index contributed by atoms with van der Waals surface area (Å²) in [7, 11) is 0. The fourth-order valence-corrected chi connectivity index (χ4v) is 1.18. The van der Waals surface area contributed by atoms with E-state index in [1.807, 2.05) is 6.92 Å². The molecule has 1 atom stereocenters. The van der Waals surface area contributed by atoms with Crippen molar-refractivity contribution in [1.29, 1.82) is 0 Å². The second-order valence-corrected chi connectivity index (χ2v) is 3.50. The van der Waals surface area contributed by atoms with Crippen LogP contribution in [-0.4, -0.2) is 27.7 Å². The quantitative estimate of drug-likeness (QED) is 0.438. The number of hydrogen-bond acceptors (Lipinski definition) is 6. The highest BCUT2D eigenvalue weighted by molar-refractivity contribution is 6.32. The first-order valence-corrected chi connectivity index (χ1v) is 4.91. The Morgan fingerprint density at radius 3 is 3.00 bits per heavy atom. The summed E-state index contributed by atoms with van der Waals surface area (Å²) in [6, 6.07) is 0.0769. The van der Waals surface area contributed by atoms with E-state index in [9.17, 15) is 0 Å². The van der Waals surface area contributed by atoms with E-state index in [1.165, 1.54) is 6.20 Å². The van der Waals surface area contributed by atoms with Gasteiger partial charge < -0.3 is 10.4 Å². The van der Waals surface area contributed by atoms with Crippen LogP contribution in [0.2, 0.25) is 5.02 Å². The first-order chi connectivity index (χ1) is 7.17. The zero-order valence-electron chi connectivity index (χ0n) is 8.37. The molecule has 1 aromatic heterocycles. The lowest BCUT2D eigenvalue weighted by molar-refractivity contribution is 0.282. The molecule has 0 fully saturated rings. The van der Waals surface area contributed by atoms with Gasteiger partial charge in [-0.1, -0.05) is 11.6 Å². The van der Waals surface area contributed by atoms with Crippen LogP contribution in [0.3, 0.4) is 0 Å². The van der Waals surface area contributed by atoms with Gasteiger partial charge in [-0.25, -0.2) is 10.8 Å². The second-order valence-electron chi connectivity index (χ2n) is 3.09. The molecule has 1 heterocycles. The van der Waals surface area contributed by atoms with Gasteiger partial charge in [-0.15, -0.1) is 0 Å². The molecule has 1 unspecified atom stereocenters. The molecule has 0 saturated carbocycles. The predicted octanol–water partition coefficient (Wildman–Crippen LogP) is 0.598. The van der Waals surface area contributed by atoms with Gasteiger partial charge in [0.25, 0.3) is 0 Å². The van der Waals surface area contributed by atoms with Crippen LogP contribution in [0.15, 0.2) is 6.20 Å². The minimum absolute atomic E-state index is 0.0769. The lowest BCUT2D eigenvalue weighted by atomic mass is 10.2. The molecule has 0 radical (unpaired) electrons. The molecular formula is C8H14ClN5O. The molecule has 15 heavy (non-hydrogen) atoms. The molecule has 0 aromatic carbocycles. The summed E-state index contributed by atoms with van der Waals surface area (Å²) in [4.78, 5) is 7.88. The van der Waals surface area contributed by atoms with E-state index in [-0.39, 0.29) is 18.6 Å². The van der Waals surface area contributed by atoms with Crippen LogP contribution in [0.1, 0.15) is 13.3 Å². The zero-order chi connectivity index (χ0) is 11.3. The largest absolute Gasteiger partial charge is 0.396 e. The van der Waals surface area contributed by atoms with Gasteiger partial charge in [-0.05, 0) is 13.3 Å². The lowest BCUT2D eigenvalue weighted by Gasteiger charge is -2.14. The van der Waals surface area contributed by atoms with Gasteiger partial charge in [0.05, 0.1) is 6.20 Å². The molecule has 6 nitrogen and oxygen atoms in total. The van der Waals surface area contributed by atoms with Gasteiger partial charge in [0.15, 0.2) is 5.82 Å². The van der Waals surface area contributed by atoms with Crippen LogP contribution in [0.25, 0.3) is 0 Å². The number of aromatic nitrogens is 2. The Morgan fingerprint density at radius 2 is 2.40 bits per heavy atom. The molecule has 84 valence electrons. The zero-order valence-corrected chi connectivity index (χ0v) is 9.12. The van der Waals surface area contributed by atoms with E-state index in [1.54, 1.807) is 0 Å². The summed E-state index contributed by atoms with van der Waals surface area (Å²) >= 11 is 5.88. The smallest absolute Gasteiger partial charge is 0.239 e. The van der Waals surface area contributed by atoms with Gasteiger partial charge in [-0.2, -0.15) is 4.98 Å². The van der Waals surface area contributed by atoms with E-state index in [4.69, 9.17) is 22.6 Å². The summed E-state index contributed by atoms with van der Waals surface area (Å²) in [6.45, 7) is 2.03. The van der Waals surface area contributed by atoms with Crippen LogP contribution < -0.4 is 16.6 Å². The maximum atomic E-state index is 8.75. The van der Waals surface area contributed by atoms with Crippen molar-refractivity contribution in [3.63, 3.8) is 0 Å². The van der Waals surface area contributed by atoms with Crippen molar-refractivity contribution in [1.82, 2.24) is 9.97 Å². The number of aliphatic hydroxyl groups is 1. The molecule has 0 amide bonds. The van der Waals surface area contributed by atoms with Crippen molar-refractivity contribution in [2.75, 3.05) is 17.3 Å². The van der Waals surface area contributed by atoms with Crippen LogP contribution >= 0.6 is 11.6 Å². The molecule has 7 heteroatoms. The minimum atomic E-state index is 0.0769. The monoisotopic (exact) mass is 231 g/mol. The van der Waals surface area contributed by atoms with Gasteiger partial charge in [-0.3, -0.25) is 5.43 Å². The third kappa shape index (κ3) is 3.50. The molecule has 0 saturated heterocycles. The first kappa shape index (κ1) is 12.0. The van der Waals surface area contributed by atoms with Crippen LogP contribution in [0.5, 0.6) is 0 Å². The number of halogens is 1. The Bertz CT molecular complexity index is 322. The summed E-state index contributed by atoms with van der Waals surface area (Å²) < 4.78 is 0. The molecule has 1 aromatic rings. The van der Waals surface area contributed by atoms with E-state index in [2.05, 4.69) is 20.7 Å². The number of nitrogen functional groups attached to an aromatic ring is 1. The SMILES string of the molecule is CC(CCO)Nc1nc(NN)ncc1Cl. The van der Waals surface area contributed by atoms with Gasteiger partial charge in [0, 0.05) is 12.6 Å². The van der Waals surface area contributed by atoms with E-state index >= 15 is 0 Å². The van der Waals surface area contributed by atoms with Crippen LogP contribution in [-0.2, 0) is 0 Å². The number of rotatable bonds is 5. The fraction of sp³-hybridized carbons (Fsp3) is 0.500. The van der Waals surface area contributed by atoms with Crippen LogP contribution in [0, 0.1) is 0 Å². The Morgan fingerprint density at radius 1 is 1.67 bits per heavy atom. The Balaban J connectivity index is 2.74. The number of aliphatic hydroxyl groups excluding tert-OH is 1. The number of nitrogens with one attached hydrogen (secondary N) is 2. The maximum absolute atomic E-state index is 8.75. The highest BCUT2D eigenvalue weighted by atomic mass is 35.5. The molecule has 0 aliphatic carbocycles. The number of hydrogen-bond donors (Lipinski definition) is 4. The summed E-state index contributed by atoms with van der Waals surface area (Å²) in [5.74, 6) is 5.96. The van der Waals surface area contributed by atoms with Crippen molar-refractivity contribution < 1.29 is 5.11 Å².